The Bertz CT molecular complexity index is 580. The highest BCUT2D eigenvalue weighted by Crippen LogP contribution is 1.96. The number of nitrogens with zero attached hydrogens (tertiary/aromatic N) is 5. The topological polar surface area (TPSA) is 99.7 Å². The van der Waals surface area contributed by atoms with Crippen LogP contribution in [0.25, 0.3) is 0 Å². The van der Waals surface area contributed by atoms with Gasteiger partial charge >= 0.3 is 0 Å². The molecular formula is C16H24N6O2. The molecule has 8 nitrogen and oxygen atoms in total. The molecule has 130 valence electrons. The number of likely N-dealkylation sites (N-methyl/N-ethyl adjacent to an activating group) is 2. The van der Waals surface area contributed by atoms with Gasteiger partial charge in [0, 0.05) is 43.2 Å². The van der Waals surface area contributed by atoms with E-state index < -0.39 is 0 Å². The molecule has 2 aromatic heterocycles. The van der Waals surface area contributed by atoms with Crippen LogP contribution in [0.3, 0.4) is 0 Å². The van der Waals surface area contributed by atoms with Gasteiger partial charge in [0.2, 0.25) is 5.28 Å². The number of hydrogen-bond donors (Lipinski definition) is 2. The van der Waals surface area contributed by atoms with Crippen molar-refractivity contribution in [3.8, 4) is 0 Å². The molecule has 8 heteroatoms. The van der Waals surface area contributed by atoms with Gasteiger partial charge in [0.1, 0.15) is 0 Å². The molecule has 0 fully saturated rings. The predicted octanol–water partition coefficient (Wildman–Crippen LogP) is 1.67. The van der Waals surface area contributed by atoms with Crippen LogP contribution in [0.2, 0.25) is 0 Å². The third-order valence-electron chi connectivity index (χ3n) is 3.14. The summed E-state index contributed by atoms with van der Waals surface area (Å²) >= 11 is 0. The van der Waals surface area contributed by atoms with E-state index in [0.29, 0.717) is 13.0 Å². The number of pyridine rings is 2. The maximum absolute atomic E-state index is 10.7. The highest BCUT2D eigenvalue weighted by Gasteiger charge is 2.05. The number of aromatic nitrogens is 2. The fraction of sp³-hybridized carbons (Fsp3) is 0.375. The zero-order chi connectivity index (χ0) is 17.6. The van der Waals surface area contributed by atoms with E-state index in [1.54, 1.807) is 6.20 Å². The van der Waals surface area contributed by atoms with E-state index in [-0.39, 0.29) is 4.97 Å². The molecule has 0 radical (unpaired) electrons. The van der Waals surface area contributed by atoms with E-state index in [2.05, 4.69) is 20.6 Å². The van der Waals surface area contributed by atoms with E-state index in [9.17, 15) is 5.21 Å². The molecule has 0 aromatic carbocycles. The first-order chi connectivity index (χ1) is 11.7. The smallest absolute Gasteiger partial charge is 0.230 e. The lowest BCUT2D eigenvalue weighted by Crippen LogP contribution is -2.28. The van der Waals surface area contributed by atoms with Crippen molar-refractivity contribution in [3.63, 3.8) is 0 Å². The van der Waals surface area contributed by atoms with E-state index in [1.165, 1.54) is 12.1 Å². The summed E-state index contributed by atoms with van der Waals surface area (Å²) in [5.41, 5.74) is 2.04. The minimum absolute atomic E-state index is 0.128. The van der Waals surface area contributed by atoms with E-state index >= 15 is 0 Å². The molecule has 24 heavy (non-hydrogen) atoms. The number of hydrogen-bond acceptors (Lipinski definition) is 5. The largest absolute Gasteiger partial charge is 0.569 e. The molecule has 0 unspecified atom stereocenters. The molecule has 2 heterocycles. The average Bonchev–Trinajstić information content (AvgIpc) is 2.66. The van der Waals surface area contributed by atoms with Crippen LogP contribution in [0, 0.1) is 5.21 Å². The van der Waals surface area contributed by atoms with Crippen LogP contribution in [0.4, 0.5) is 0 Å². The van der Waals surface area contributed by atoms with E-state index in [0.717, 1.165) is 24.4 Å². The minimum Gasteiger partial charge on any atom is -0.569 e. The predicted molar refractivity (Wildman–Crippen MR) is 90.3 cm³/mol. The minimum atomic E-state index is 0.128. The van der Waals surface area contributed by atoms with Gasteiger partial charge in [0.05, 0.1) is 18.6 Å². The molecule has 0 saturated carbocycles. The van der Waals surface area contributed by atoms with Gasteiger partial charge in [0.15, 0.2) is 0 Å². The summed E-state index contributed by atoms with van der Waals surface area (Å²) in [5, 5.41) is 25.7. The summed E-state index contributed by atoms with van der Waals surface area (Å²) in [6.07, 6.45) is 5.16. The molecule has 2 N–H and O–H groups in total. The molecule has 2 rings (SSSR count). The molecule has 0 aliphatic heterocycles. The summed E-state index contributed by atoms with van der Waals surface area (Å²) < 4.78 is 0. The van der Waals surface area contributed by atoms with Gasteiger partial charge in [-0.15, -0.1) is 5.01 Å². The number of nitrogens with one attached hydrogen (secondary N) is 1. The SMILES string of the molecule is CN(CCc1ccccn1)/[N+]([O-])=N/O.CNCCc1ccccn1. The van der Waals surface area contributed by atoms with Crippen molar-refractivity contribution in [2.45, 2.75) is 12.8 Å². The normalized spacial score (nSPS) is 10.7. The molecule has 0 spiro atoms. The molecule has 0 amide bonds. The zero-order valence-corrected chi connectivity index (χ0v) is 14.0. The Balaban J connectivity index is 0.000000254. The number of rotatable bonds is 7. The molecule has 0 bridgehead atoms. The van der Waals surface area contributed by atoms with Crippen LogP contribution < -0.4 is 5.32 Å². The molecule has 2 aromatic rings. The second-order valence-electron chi connectivity index (χ2n) is 4.97. The van der Waals surface area contributed by atoms with E-state index in [4.69, 9.17) is 5.21 Å². The Kier molecular flexibility index (Phi) is 9.48. The van der Waals surface area contributed by atoms with Crippen LogP contribution in [-0.4, -0.2) is 52.3 Å². The summed E-state index contributed by atoms with van der Waals surface area (Å²) in [6.45, 7) is 1.45. The van der Waals surface area contributed by atoms with Crippen LogP contribution in [0.15, 0.2) is 54.1 Å². The van der Waals surface area contributed by atoms with Crippen molar-refractivity contribution in [1.82, 2.24) is 20.3 Å². The van der Waals surface area contributed by atoms with Crippen molar-refractivity contribution in [1.29, 1.82) is 0 Å². The maximum atomic E-state index is 10.7. The highest BCUT2D eigenvalue weighted by molar-refractivity contribution is 5.04. The average molecular weight is 332 g/mol. The van der Waals surface area contributed by atoms with Gasteiger partial charge in [-0.2, -0.15) is 0 Å². The quantitative estimate of drug-likeness (QED) is 0.454. The van der Waals surface area contributed by atoms with Crippen LogP contribution in [0.1, 0.15) is 11.4 Å². The standard InChI is InChI=1S/C8H12N4O2.C8H12N2/c1-11(12(14)10-13)7-5-8-4-2-3-6-9-8;1-9-7-5-8-4-2-3-6-10-8/h2-4,6,13H,5,7H2,1H3;2-4,6,9H,5,7H2,1H3/b12-10-;. The second-order valence-corrected chi connectivity index (χ2v) is 4.97. The maximum Gasteiger partial charge on any atom is 0.230 e. The van der Waals surface area contributed by atoms with Crippen molar-refractivity contribution < 1.29 is 10.2 Å². The van der Waals surface area contributed by atoms with E-state index in [1.807, 2.05) is 49.6 Å². The van der Waals surface area contributed by atoms with Crippen LogP contribution >= 0.6 is 0 Å². The second kappa shape index (κ2) is 11.8. The fourth-order valence-electron chi connectivity index (χ4n) is 1.78. The molecular weight excluding hydrogens is 308 g/mol. The lowest BCUT2D eigenvalue weighted by atomic mass is 10.3. The van der Waals surface area contributed by atoms with Gasteiger partial charge in [0.25, 0.3) is 0 Å². The first kappa shape index (κ1) is 19.3. The summed E-state index contributed by atoms with van der Waals surface area (Å²) in [6, 6.07) is 11.6. The molecule has 0 atom stereocenters. The summed E-state index contributed by atoms with van der Waals surface area (Å²) in [4.78, 5) is 8.40. The van der Waals surface area contributed by atoms with Crippen LogP contribution in [0.5, 0.6) is 0 Å². The Morgan fingerprint density at radius 2 is 1.71 bits per heavy atom. The first-order valence-corrected chi connectivity index (χ1v) is 7.65. The van der Waals surface area contributed by atoms with Gasteiger partial charge in [-0.3, -0.25) is 9.97 Å². The van der Waals surface area contributed by atoms with Crippen LogP contribution in [-0.2, 0) is 12.8 Å². The van der Waals surface area contributed by atoms with Crippen molar-refractivity contribution >= 4 is 0 Å². The van der Waals surface area contributed by atoms with Gasteiger partial charge in [-0.1, -0.05) is 12.1 Å². The Labute approximate surface area is 142 Å². The van der Waals surface area contributed by atoms with Gasteiger partial charge < -0.3 is 15.7 Å². The Morgan fingerprint density at radius 3 is 2.17 bits per heavy atom. The number of hydrazine groups is 1. The summed E-state index contributed by atoms with van der Waals surface area (Å²) in [7, 11) is 3.48. The van der Waals surface area contributed by atoms with Gasteiger partial charge in [-0.25, -0.2) is 0 Å². The molecule has 0 saturated heterocycles. The van der Waals surface area contributed by atoms with Crippen molar-refractivity contribution in [2.24, 2.45) is 5.28 Å². The lowest BCUT2D eigenvalue weighted by Gasteiger charge is -2.11. The van der Waals surface area contributed by atoms with Crippen molar-refractivity contribution in [3.05, 3.63) is 65.4 Å². The zero-order valence-electron chi connectivity index (χ0n) is 14.0. The molecule has 0 aliphatic rings. The highest BCUT2D eigenvalue weighted by atomic mass is 16.6. The fourth-order valence-corrected chi connectivity index (χ4v) is 1.78. The Morgan fingerprint density at radius 1 is 1.12 bits per heavy atom. The van der Waals surface area contributed by atoms with Crippen molar-refractivity contribution in [2.75, 3.05) is 27.2 Å². The third-order valence-corrected chi connectivity index (χ3v) is 3.14. The lowest BCUT2D eigenvalue weighted by molar-refractivity contribution is -0.703. The third kappa shape index (κ3) is 8.04. The van der Waals surface area contributed by atoms with Gasteiger partial charge in [-0.05, 0) is 31.3 Å². The monoisotopic (exact) mass is 332 g/mol. The summed E-state index contributed by atoms with van der Waals surface area (Å²) in [5.74, 6) is 0. The molecule has 0 aliphatic carbocycles. The first-order valence-electron chi connectivity index (χ1n) is 7.65. The Hall–Kier alpha value is -2.74.